The van der Waals surface area contributed by atoms with Gasteiger partial charge in [-0.3, -0.25) is 0 Å². The SMILES string of the molecule is C=CCCCCCC(N)(C(=O)O)c1ccc(F)cc1. The van der Waals surface area contributed by atoms with Crippen LogP contribution in [0.5, 0.6) is 0 Å². The molecule has 1 aromatic carbocycles. The number of unbranched alkanes of at least 4 members (excludes halogenated alkanes) is 3. The zero-order chi connectivity index (χ0) is 14.3. The third-order valence-corrected chi connectivity index (χ3v) is 3.22. The molecule has 0 aliphatic rings. The van der Waals surface area contributed by atoms with Crippen molar-refractivity contribution in [2.45, 2.75) is 37.6 Å². The van der Waals surface area contributed by atoms with Crippen LogP contribution in [0.4, 0.5) is 4.39 Å². The minimum atomic E-state index is -1.44. The summed E-state index contributed by atoms with van der Waals surface area (Å²) in [5, 5.41) is 9.32. The predicted molar refractivity (Wildman–Crippen MR) is 73.2 cm³/mol. The number of carboxylic acid groups (broad SMARTS) is 1. The fraction of sp³-hybridized carbons (Fsp3) is 0.400. The molecule has 4 heteroatoms. The van der Waals surface area contributed by atoms with E-state index >= 15 is 0 Å². The summed E-state index contributed by atoms with van der Waals surface area (Å²) in [4.78, 5) is 11.4. The predicted octanol–water partition coefficient (Wildman–Crippen LogP) is 3.20. The van der Waals surface area contributed by atoms with Crippen molar-refractivity contribution in [1.82, 2.24) is 0 Å². The van der Waals surface area contributed by atoms with E-state index in [-0.39, 0.29) is 0 Å². The highest BCUT2D eigenvalue weighted by atomic mass is 19.1. The van der Waals surface area contributed by atoms with Crippen LogP contribution in [-0.2, 0) is 10.3 Å². The largest absolute Gasteiger partial charge is 0.480 e. The lowest BCUT2D eigenvalue weighted by molar-refractivity contribution is -0.144. The summed E-state index contributed by atoms with van der Waals surface area (Å²) in [6.45, 7) is 3.64. The molecule has 0 bridgehead atoms. The van der Waals surface area contributed by atoms with Gasteiger partial charge in [-0.1, -0.05) is 31.1 Å². The number of hydrogen-bond donors (Lipinski definition) is 2. The van der Waals surface area contributed by atoms with Crippen LogP contribution in [0.1, 0.15) is 37.7 Å². The minimum Gasteiger partial charge on any atom is -0.480 e. The lowest BCUT2D eigenvalue weighted by Gasteiger charge is -2.25. The highest BCUT2D eigenvalue weighted by Gasteiger charge is 2.35. The van der Waals surface area contributed by atoms with Crippen molar-refractivity contribution >= 4 is 5.97 Å². The molecular formula is C15H20FNO2. The number of carbonyl (C=O) groups is 1. The molecule has 0 fully saturated rings. The third kappa shape index (κ3) is 4.17. The van der Waals surface area contributed by atoms with Crippen LogP contribution in [-0.4, -0.2) is 11.1 Å². The molecule has 1 unspecified atom stereocenters. The van der Waals surface area contributed by atoms with Gasteiger partial charge in [0.05, 0.1) is 0 Å². The first kappa shape index (κ1) is 15.4. The number of carboxylic acids is 1. The fourth-order valence-corrected chi connectivity index (χ4v) is 1.99. The standard InChI is InChI=1S/C15H20FNO2/c1-2-3-4-5-6-11-15(17,14(18)19)12-7-9-13(16)10-8-12/h2,7-10H,1,3-6,11,17H2,(H,18,19). The van der Waals surface area contributed by atoms with Gasteiger partial charge in [-0.05, 0) is 37.0 Å². The molecule has 0 aliphatic heterocycles. The molecule has 0 amide bonds. The van der Waals surface area contributed by atoms with E-state index in [1.807, 2.05) is 6.08 Å². The smallest absolute Gasteiger partial charge is 0.328 e. The maximum Gasteiger partial charge on any atom is 0.328 e. The topological polar surface area (TPSA) is 63.3 Å². The van der Waals surface area contributed by atoms with Gasteiger partial charge in [0, 0.05) is 0 Å². The molecule has 3 nitrogen and oxygen atoms in total. The van der Waals surface area contributed by atoms with Gasteiger partial charge in [0.25, 0.3) is 0 Å². The van der Waals surface area contributed by atoms with E-state index < -0.39 is 17.3 Å². The van der Waals surface area contributed by atoms with Crippen LogP contribution >= 0.6 is 0 Å². The summed E-state index contributed by atoms with van der Waals surface area (Å²) in [5.74, 6) is -1.48. The zero-order valence-electron chi connectivity index (χ0n) is 10.9. The summed E-state index contributed by atoms with van der Waals surface area (Å²) in [6.07, 6.45) is 5.69. The van der Waals surface area contributed by atoms with Crippen LogP contribution in [0, 0.1) is 5.82 Å². The molecule has 0 heterocycles. The Bertz CT molecular complexity index is 430. The van der Waals surface area contributed by atoms with Gasteiger partial charge < -0.3 is 10.8 Å². The van der Waals surface area contributed by atoms with E-state index in [4.69, 9.17) is 5.73 Å². The molecule has 0 aromatic heterocycles. The van der Waals surface area contributed by atoms with Gasteiger partial charge in [-0.15, -0.1) is 6.58 Å². The molecule has 1 aromatic rings. The summed E-state index contributed by atoms with van der Waals surface area (Å²) in [7, 11) is 0. The molecular weight excluding hydrogens is 245 g/mol. The van der Waals surface area contributed by atoms with Crippen LogP contribution < -0.4 is 5.73 Å². The van der Waals surface area contributed by atoms with Crippen molar-refractivity contribution in [1.29, 1.82) is 0 Å². The van der Waals surface area contributed by atoms with Gasteiger partial charge in [-0.25, -0.2) is 9.18 Å². The minimum absolute atomic E-state index is 0.338. The Balaban J connectivity index is 2.71. The second kappa shape index (κ2) is 7.04. The van der Waals surface area contributed by atoms with Crippen molar-refractivity contribution in [3.63, 3.8) is 0 Å². The molecule has 0 aliphatic carbocycles. The van der Waals surface area contributed by atoms with E-state index in [1.165, 1.54) is 24.3 Å². The summed E-state index contributed by atoms with van der Waals surface area (Å²) in [5.41, 5.74) is 4.98. The maximum atomic E-state index is 12.9. The molecule has 1 atom stereocenters. The Morgan fingerprint density at radius 1 is 1.32 bits per heavy atom. The van der Waals surface area contributed by atoms with Crippen molar-refractivity contribution in [2.24, 2.45) is 5.73 Å². The van der Waals surface area contributed by atoms with Gasteiger partial charge in [0.2, 0.25) is 0 Å². The third-order valence-electron chi connectivity index (χ3n) is 3.22. The Morgan fingerprint density at radius 2 is 1.95 bits per heavy atom. The molecule has 104 valence electrons. The fourth-order valence-electron chi connectivity index (χ4n) is 1.99. The first-order valence-electron chi connectivity index (χ1n) is 6.40. The van der Waals surface area contributed by atoms with Gasteiger partial charge in [0.15, 0.2) is 0 Å². The molecule has 1 rings (SSSR count). The number of rotatable bonds is 8. The number of aliphatic carboxylic acids is 1. The quantitative estimate of drug-likeness (QED) is 0.560. The second-order valence-corrected chi connectivity index (χ2v) is 4.67. The summed E-state index contributed by atoms with van der Waals surface area (Å²) >= 11 is 0. The Labute approximate surface area is 112 Å². The van der Waals surface area contributed by atoms with E-state index in [0.717, 1.165) is 19.3 Å². The zero-order valence-corrected chi connectivity index (χ0v) is 10.9. The monoisotopic (exact) mass is 265 g/mol. The Kier molecular flexibility index (Phi) is 5.70. The summed E-state index contributed by atoms with van der Waals surface area (Å²) < 4.78 is 12.9. The van der Waals surface area contributed by atoms with Crippen molar-refractivity contribution in [3.8, 4) is 0 Å². The van der Waals surface area contributed by atoms with Crippen LogP contribution in [0.3, 0.4) is 0 Å². The van der Waals surface area contributed by atoms with E-state index in [1.54, 1.807) is 0 Å². The number of hydrogen-bond acceptors (Lipinski definition) is 2. The van der Waals surface area contributed by atoms with Crippen molar-refractivity contribution in [2.75, 3.05) is 0 Å². The highest BCUT2D eigenvalue weighted by molar-refractivity contribution is 5.80. The maximum absolute atomic E-state index is 12.9. The molecule has 19 heavy (non-hydrogen) atoms. The van der Waals surface area contributed by atoms with E-state index in [2.05, 4.69) is 6.58 Å². The van der Waals surface area contributed by atoms with Crippen LogP contribution in [0.15, 0.2) is 36.9 Å². The summed E-state index contributed by atoms with van der Waals surface area (Å²) in [6, 6.07) is 5.34. The van der Waals surface area contributed by atoms with E-state index in [0.29, 0.717) is 18.4 Å². The van der Waals surface area contributed by atoms with E-state index in [9.17, 15) is 14.3 Å². The number of halogens is 1. The molecule has 3 N–H and O–H groups in total. The lowest BCUT2D eigenvalue weighted by Crippen LogP contribution is -2.44. The van der Waals surface area contributed by atoms with Crippen molar-refractivity contribution < 1.29 is 14.3 Å². The number of allylic oxidation sites excluding steroid dienone is 1. The lowest BCUT2D eigenvalue weighted by atomic mass is 9.85. The molecule has 0 spiro atoms. The molecule has 0 saturated carbocycles. The Morgan fingerprint density at radius 3 is 2.47 bits per heavy atom. The van der Waals surface area contributed by atoms with Crippen molar-refractivity contribution in [3.05, 3.63) is 48.3 Å². The second-order valence-electron chi connectivity index (χ2n) is 4.67. The molecule has 0 saturated heterocycles. The van der Waals surface area contributed by atoms with Gasteiger partial charge in [0.1, 0.15) is 11.4 Å². The first-order chi connectivity index (χ1) is 9.00. The molecule has 0 radical (unpaired) electrons. The number of benzene rings is 1. The van der Waals surface area contributed by atoms with Crippen LogP contribution in [0.25, 0.3) is 0 Å². The highest BCUT2D eigenvalue weighted by Crippen LogP contribution is 2.25. The van der Waals surface area contributed by atoms with Gasteiger partial charge in [-0.2, -0.15) is 0 Å². The average Bonchev–Trinajstić information content (AvgIpc) is 2.38. The number of nitrogens with two attached hydrogens (primary N) is 1. The average molecular weight is 265 g/mol. The van der Waals surface area contributed by atoms with Gasteiger partial charge >= 0.3 is 5.97 Å². The normalized spacial score (nSPS) is 13.8. The Hall–Kier alpha value is -1.68. The van der Waals surface area contributed by atoms with Crippen LogP contribution in [0.2, 0.25) is 0 Å². The first-order valence-corrected chi connectivity index (χ1v) is 6.40.